The van der Waals surface area contributed by atoms with Gasteiger partial charge in [-0.25, -0.2) is 0 Å². The van der Waals surface area contributed by atoms with Gasteiger partial charge >= 0.3 is 0 Å². The number of nitrogens with one attached hydrogen (secondary N) is 1. The first-order chi connectivity index (χ1) is 14.9. The van der Waals surface area contributed by atoms with Gasteiger partial charge in [-0.1, -0.05) is 54.7 Å². The van der Waals surface area contributed by atoms with Crippen molar-refractivity contribution in [3.05, 3.63) is 12.2 Å². The number of alkyl halides is 3. The minimum absolute atomic E-state index is 0.0481. The fraction of sp³-hybridized carbons (Fsp3) is 0.833. The molecule has 3 saturated carbocycles. The molecule has 3 unspecified atom stereocenters. The molecule has 5 nitrogen and oxygen atoms in total. The van der Waals surface area contributed by atoms with Gasteiger partial charge < -0.3 is 15.3 Å². The number of aliphatic hydroxyl groups is 1. The molecular weight excluding hydrogens is 471 g/mol. The number of hydrogen-bond donors (Lipinski definition) is 2. The maximum absolute atomic E-state index is 12.3. The Labute approximate surface area is 206 Å². The van der Waals surface area contributed by atoms with E-state index in [2.05, 4.69) is 25.2 Å². The van der Waals surface area contributed by atoms with E-state index < -0.39 is 9.90 Å². The average molecular weight is 506 g/mol. The molecule has 2 N–H and O–H groups in total. The molecule has 0 aromatic carbocycles. The fourth-order valence-corrected chi connectivity index (χ4v) is 8.01. The van der Waals surface area contributed by atoms with Crippen LogP contribution in [-0.4, -0.2) is 51.4 Å². The first kappa shape index (κ1) is 24.6. The summed E-state index contributed by atoms with van der Waals surface area (Å²) in [7, 11) is 1.95. The van der Waals surface area contributed by atoms with Crippen LogP contribution in [0.5, 0.6) is 0 Å². The number of amides is 2. The number of carbonyl (C=O) groups excluding carboxylic acids is 2. The minimum atomic E-state index is -1.86. The van der Waals surface area contributed by atoms with Crippen LogP contribution in [0.2, 0.25) is 0 Å². The molecule has 0 bridgehead atoms. The topological polar surface area (TPSA) is 69.6 Å². The molecule has 32 heavy (non-hydrogen) atoms. The first-order valence-corrected chi connectivity index (χ1v) is 13.0. The van der Waals surface area contributed by atoms with Gasteiger partial charge in [-0.3, -0.25) is 9.59 Å². The van der Waals surface area contributed by atoms with Crippen LogP contribution >= 0.6 is 34.8 Å². The monoisotopic (exact) mass is 504 g/mol. The summed E-state index contributed by atoms with van der Waals surface area (Å²) >= 11 is 17.1. The van der Waals surface area contributed by atoms with E-state index >= 15 is 0 Å². The number of hydrogen-bond acceptors (Lipinski definition) is 3. The molecule has 8 heteroatoms. The molecule has 0 spiro atoms. The van der Waals surface area contributed by atoms with Gasteiger partial charge in [-0.2, -0.15) is 0 Å². The van der Waals surface area contributed by atoms with Crippen LogP contribution in [0.3, 0.4) is 0 Å². The normalized spacial score (nSPS) is 42.2. The fourth-order valence-electron chi connectivity index (χ4n) is 7.78. The molecular formula is C24H35Cl3N2O3. The number of rotatable bonds is 4. The zero-order valence-electron chi connectivity index (χ0n) is 19.1. The Morgan fingerprint density at radius 3 is 2.62 bits per heavy atom. The third kappa shape index (κ3) is 4.10. The van der Waals surface area contributed by atoms with Gasteiger partial charge in [0.2, 0.25) is 15.6 Å². The van der Waals surface area contributed by atoms with Crippen LogP contribution in [0.15, 0.2) is 12.2 Å². The van der Waals surface area contributed by atoms with Gasteiger partial charge in [-0.15, -0.1) is 0 Å². The lowest BCUT2D eigenvalue weighted by Gasteiger charge is -2.60. The number of carbonyl (C=O) groups is 2. The second-order valence-electron chi connectivity index (χ2n) is 11.0. The Morgan fingerprint density at radius 2 is 1.94 bits per heavy atom. The maximum atomic E-state index is 12.3. The van der Waals surface area contributed by atoms with Crippen molar-refractivity contribution in [3.8, 4) is 0 Å². The summed E-state index contributed by atoms with van der Waals surface area (Å²) < 4.78 is -1.86. The molecule has 2 amide bonds. The zero-order valence-corrected chi connectivity index (χ0v) is 21.4. The highest BCUT2D eigenvalue weighted by Crippen LogP contribution is 2.65. The Hall–Kier alpha value is -0.490. The van der Waals surface area contributed by atoms with Crippen LogP contribution in [-0.2, 0) is 9.59 Å². The summed E-state index contributed by atoms with van der Waals surface area (Å²) in [5.74, 6) is 2.16. The van der Waals surface area contributed by atoms with Gasteiger partial charge in [0.1, 0.15) is 6.10 Å². The summed E-state index contributed by atoms with van der Waals surface area (Å²) in [4.78, 5) is 26.5. The van der Waals surface area contributed by atoms with E-state index in [0.29, 0.717) is 36.3 Å². The standard InChI is InChI=1S/C24H35Cl3N2O3/c1-22-10-8-17-15(5-7-18-23(17,2)11-9-21(32)29(18)3)16(22)6-4-14(22)13-28-20(31)12-19(30)24(25,26)27/h9,11,14-19,30H,4-8,10,12-13H2,1-3H3,(H,28,31)/t14?,15-,16-,17+,18?,19?,22+,23+/m0/s1. The lowest BCUT2D eigenvalue weighted by Crippen LogP contribution is -2.59. The molecule has 3 fully saturated rings. The Morgan fingerprint density at radius 1 is 1.22 bits per heavy atom. The molecule has 4 aliphatic rings. The molecule has 4 rings (SSSR count). The number of nitrogens with zero attached hydrogens (tertiary/aromatic N) is 1. The van der Waals surface area contributed by atoms with Crippen LogP contribution < -0.4 is 5.32 Å². The van der Waals surface area contributed by atoms with Crippen LogP contribution in [0.25, 0.3) is 0 Å². The highest BCUT2D eigenvalue weighted by molar-refractivity contribution is 6.68. The first-order valence-electron chi connectivity index (χ1n) is 11.9. The van der Waals surface area contributed by atoms with Crippen molar-refractivity contribution in [2.75, 3.05) is 13.6 Å². The summed E-state index contributed by atoms with van der Waals surface area (Å²) in [6.45, 7) is 5.38. The van der Waals surface area contributed by atoms with Crippen molar-refractivity contribution in [2.24, 2.45) is 34.5 Å². The Bertz CT molecular complexity index is 800. The number of aliphatic hydroxyl groups excluding tert-OH is 1. The lowest BCUT2D eigenvalue weighted by molar-refractivity contribution is -0.139. The molecule has 0 aromatic rings. The van der Waals surface area contributed by atoms with E-state index in [-0.39, 0.29) is 29.1 Å². The van der Waals surface area contributed by atoms with E-state index in [1.54, 1.807) is 6.08 Å². The quantitative estimate of drug-likeness (QED) is 0.554. The average Bonchev–Trinajstić information content (AvgIpc) is 3.05. The second-order valence-corrected chi connectivity index (χ2v) is 13.4. The van der Waals surface area contributed by atoms with Crippen LogP contribution in [0.1, 0.15) is 58.8 Å². The van der Waals surface area contributed by atoms with Crippen LogP contribution in [0, 0.1) is 34.5 Å². The minimum Gasteiger partial charge on any atom is -0.388 e. The molecule has 0 aromatic heterocycles. The zero-order chi connectivity index (χ0) is 23.5. The van der Waals surface area contributed by atoms with Crippen molar-refractivity contribution in [1.82, 2.24) is 10.2 Å². The van der Waals surface area contributed by atoms with Gasteiger partial charge in [0, 0.05) is 25.0 Å². The van der Waals surface area contributed by atoms with E-state index in [0.717, 1.165) is 25.7 Å². The van der Waals surface area contributed by atoms with Crippen molar-refractivity contribution < 1.29 is 14.7 Å². The van der Waals surface area contributed by atoms with Crippen molar-refractivity contribution in [1.29, 1.82) is 0 Å². The highest BCUT2D eigenvalue weighted by atomic mass is 35.6. The van der Waals surface area contributed by atoms with Crippen LogP contribution in [0.4, 0.5) is 0 Å². The lowest BCUT2D eigenvalue weighted by atomic mass is 9.47. The van der Waals surface area contributed by atoms with E-state index in [1.807, 2.05) is 11.9 Å². The molecule has 3 aliphatic carbocycles. The predicted molar refractivity (Wildman–Crippen MR) is 127 cm³/mol. The molecule has 180 valence electrons. The van der Waals surface area contributed by atoms with E-state index in [1.165, 1.54) is 12.8 Å². The van der Waals surface area contributed by atoms with Crippen molar-refractivity contribution in [2.45, 2.75) is 74.7 Å². The largest absolute Gasteiger partial charge is 0.388 e. The summed E-state index contributed by atoms with van der Waals surface area (Å²) in [5.41, 5.74) is 0.248. The van der Waals surface area contributed by atoms with Gasteiger partial charge in [0.25, 0.3) is 0 Å². The van der Waals surface area contributed by atoms with Gasteiger partial charge in [0.15, 0.2) is 0 Å². The molecule has 0 saturated heterocycles. The molecule has 1 aliphatic heterocycles. The number of likely N-dealkylation sites (N-methyl/N-ethyl adjacent to an activating group) is 1. The third-order valence-corrected chi connectivity index (χ3v) is 10.4. The van der Waals surface area contributed by atoms with Gasteiger partial charge in [0.05, 0.1) is 6.42 Å². The second kappa shape index (κ2) is 8.62. The molecule has 0 radical (unpaired) electrons. The predicted octanol–water partition coefficient (Wildman–Crippen LogP) is 4.48. The number of halogens is 3. The van der Waals surface area contributed by atoms with Crippen molar-refractivity contribution in [3.63, 3.8) is 0 Å². The third-order valence-electron chi connectivity index (χ3n) is 9.63. The smallest absolute Gasteiger partial charge is 0.246 e. The van der Waals surface area contributed by atoms with E-state index in [4.69, 9.17) is 34.8 Å². The summed E-state index contributed by atoms with van der Waals surface area (Å²) in [6.07, 6.45) is 9.29. The maximum Gasteiger partial charge on any atom is 0.246 e. The number of fused-ring (bicyclic) bond motifs is 5. The summed E-state index contributed by atoms with van der Waals surface area (Å²) in [5, 5.41) is 12.9. The van der Waals surface area contributed by atoms with Gasteiger partial charge in [-0.05, 0) is 73.7 Å². The summed E-state index contributed by atoms with van der Waals surface area (Å²) in [6, 6.07) is 0.298. The highest BCUT2D eigenvalue weighted by Gasteiger charge is 2.60. The SMILES string of the molecule is CN1C(=O)C=C[C@@]2(C)C1CC[C@@H]1[C@H]2CC[C@]2(C)C(CNC(=O)CC(O)C(Cl)(Cl)Cl)CC[C@@H]12. The van der Waals surface area contributed by atoms with E-state index in [9.17, 15) is 14.7 Å². The van der Waals surface area contributed by atoms with Crippen molar-refractivity contribution >= 4 is 46.6 Å². The Kier molecular flexibility index (Phi) is 6.64. The Balaban J connectivity index is 1.43. The molecule has 8 atom stereocenters. The molecule has 1 heterocycles.